The average Bonchev–Trinajstić information content (AvgIpc) is 2.41. The van der Waals surface area contributed by atoms with Gasteiger partial charge in [0.15, 0.2) is 5.82 Å². The maximum absolute atomic E-state index is 13.0. The van der Waals surface area contributed by atoms with Gasteiger partial charge in [0, 0.05) is 17.1 Å². The number of aromatic nitrogens is 1. The molecule has 4 heteroatoms. The van der Waals surface area contributed by atoms with Gasteiger partial charge < -0.3 is 0 Å². The molecule has 2 rings (SSSR count). The van der Waals surface area contributed by atoms with Gasteiger partial charge in [0.1, 0.15) is 4.83 Å². The molecule has 0 saturated heterocycles. The highest BCUT2D eigenvalue weighted by atomic mass is 32.1. The van der Waals surface area contributed by atoms with Gasteiger partial charge in [-0.05, 0) is 13.0 Å². The number of rotatable bonds is 0. The molecule has 0 aromatic carbocycles. The van der Waals surface area contributed by atoms with Crippen LogP contribution in [0.15, 0.2) is 23.1 Å². The number of halogens is 1. The van der Waals surface area contributed by atoms with Crippen molar-refractivity contribution in [2.24, 2.45) is 0 Å². The number of hydrogen-bond acceptors (Lipinski definition) is 2. The van der Waals surface area contributed by atoms with E-state index in [4.69, 9.17) is 0 Å². The zero-order chi connectivity index (χ0) is 8.72. The van der Waals surface area contributed by atoms with Crippen LogP contribution in [-0.4, -0.2) is 4.40 Å². The molecule has 0 aliphatic rings. The van der Waals surface area contributed by atoms with Crippen molar-refractivity contribution in [2.75, 3.05) is 0 Å². The van der Waals surface area contributed by atoms with Crippen molar-refractivity contribution >= 4 is 16.2 Å². The fraction of sp³-hybridized carbons (Fsp3) is 0.125. The largest absolute Gasteiger partial charge is 0.272 e. The molecule has 12 heavy (non-hydrogen) atoms. The molecule has 0 amide bonds. The number of aryl methyl sites for hydroxylation is 1. The Morgan fingerprint density at radius 2 is 2.25 bits per heavy atom. The standard InChI is InChI=1S/C8H6FNOS/c1-5-4-10-7(11)3-2-6(9)8(10)12-5/h2-4H,1H3. The minimum absolute atomic E-state index is 0.184. The fourth-order valence-corrected chi connectivity index (χ4v) is 1.96. The smallest absolute Gasteiger partial charge is 0.255 e. The molecule has 0 fully saturated rings. The molecule has 0 aliphatic carbocycles. The molecule has 0 aliphatic heterocycles. The Kier molecular flexibility index (Phi) is 1.51. The van der Waals surface area contributed by atoms with Crippen LogP contribution in [0.3, 0.4) is 0 Å². The first-order valence-corrected chi connectivity index (χ1v) is 4.27. The Morgan fingerprint density at radius 3 is 2.92 bits per heavy atom. The van der Waals surface area contributed by atoms with E-state index in [0.717, 1.165) is 4.88 Å². The monoisotopic (exact) mass is 183 g/mol. The third-order valence-corrected chi connectivity index (χ3v) is 2.61. The van der Waals surface area contributed by atoms with E-state index in [0.29, 0.717) is 4.83 Å². The first-order chi connectivity index (χ1) is 5.68. The minimum Gasteiger partial charge on any atom is -0.272 e. The van der Waals surface area contributed by atoms with Crippen molar-refractivity contribution in [1.29, 1.82) is 0 Å². The third kappa shape index (κ3) is 0.956. The van der Waals surface area contributed by atoms with Crippen LogP contribution in [0.1, 0.15) is 4.88 Å². The van der Waals surface area contributed by atoms with Gasteiger partial charge in [-0.2, -0.15) is 0 Å². The van der Waals surface area contributed by atoms with Crippen molar-refractivity contribution in [1.82, 2.24) is 4.40 Å². The molecule has 62 valence electrons. The topological polar surface area (TPSA) is 21.5 Å². The van der Waals surface area contributed by atoms with E-state index in [1.807, 2.05) is 6.92 Å². The van der Waals surface area contributed by atoms with Crippen LogP contribution in [-0.2, 0) is 0 Å². The molecular formula is C8H6FNOS. The molecule has 0 spiro atoms. The Hall–Kier alpha value is -1.16. The van der Waals surface area contributed by atoms with Crippen LogP contribution < -0.4 is 5.56 Å². The second-order valence-corrected chi connectivity index (χ2v) is 3.77. The molecule has 2 heterocycles. The van der Waals surface area contributed by atoms with Crippen LogP contribution in [0, 0.1) is 12.7 Å². The van der Waals surface area contributed by atoms with Crippen LogP contribution in [0.4, 0.5) is 4.39 Å². The fourth-order valence-electron chi connectivity index (χ4n) is 1.09. The number of thiazole rings is 1. The van der Waals surface area contributed by atoms with Crippen molar-refractivity contribution < 1.29 is 4.39 Å². The van der Waals surface area contributed by atoms with Gasteiger partial charge in [-0.15, -0.1) is 11.3 Å². The summed E-state index contributed by atoms with van der Waals surface area (Å²) in [6.45, 7) is 1.84. The predicted molar refractivity (Wildman–Crippen MR) is 46.2 cm³/mol. The van der Waals surface area contributed by atoms with Gasteiger partial charge >= 0.3 is 0 Å². The van der Waals surface area contributed by atoms with Gasteiger partial charge in [0.2, 0.25) is 0 Å². The minimum atomic E-state index is -0.340. The number of pyridine rings is 1. The third-order valence-electron chi connectivity index (χ3n) is 1.60. The Labute approximate surface area is 71.9 Å². The molecule has 2 aromatic rings. The first kappa shape index (κ1) is 7.49. The molecule has 0 N–H and O–H groups in total. The first-order valence-electron chi connectivity index (χ1n) is 3.46. The lowest BCUT2D eigenvalue weighted by molar-refractivity contribution is 0.634. The van der Waals surface area contributed by atoms with Gasteiger partial charge in [-0.1, -0.05) is 0 Å². The normalized spacial score (nSPS) is 10.8. The van der Waals surface area contributed by atoms with Gasteiger partial charge in [-0.3, -0.25) is 9.20 Å². The zero-order valence-corrected chi connectivity index (χ0v) is 7.19. The summed E-state index contributed by atoms with van der Waals surface area (Å²) in [6, 6.07) is 2.43. The quantitative estimate of drug-likeness (QED) is 0.610. The summed E-state index contributed by atoms with van der Waals surface area (Å²) in [5.74, 6) is -0.340. The summed E-state index contributed by atoms with van der Waals surface area (Å²) in [4.78, 5) is 12.5. The summed E-state index contributed by atoms with van der Waals surface area (Å²) in [6.07, 6.45) is 1.64. The van der Waals surface area contributed by atoms with E-state index in [1.165, 1.54) is 27.9 Å². The summed E-state index contributed by atoms with van der Waals surface area (Å²) in [5, 5.41) is 0. The Morgan fingerprint density at radius 1 is 1.50 bits per heavy atom. The summed E-state index contributed by atoms with van der Waals surface area (Å²) in [7, 11) is 0. The molecule has 0 saturated carbocycles. The second-order valence-electron chi connectivity index (χ2n) is 2.54. The van der Waals surface area contributed by atoms with Crippen molar-refractivity contribution in [3.05, 3.63) is 39.4 Å². The molecule has 0 bridgehead atoms. The zero-order valence-electron chi connectivity index (χ0n) is 6.37. The lowest BCUT2D eigenvalue weighted by Gasteiger charge is -1.90. The summed E-state index contributed by atoms with van der Waals surface area (Å²) >= 11 is 1.28. The lowest BCUT2D eigenvalue weighted by Crippen LogP contribution is -2.09. The second kappa shape index (κ2) is 2.42. The highest BCUT2D eigenvalue weighted by Crippen LogP contribution is 2.17. The number of hydrogen-bond donors (Lipinski definition) is 0. The highest BCUT2D eigenvalue weighted by molar-refractivity contribution is 7.17. The number of nitrogens with zero attached hydrogens (tertiary/aromatic N) is 1. The number of fused-ring (bicyclic) bond motifs is 1. The average molecular weight is 183 g/mol. The van der Waals surface area contributed by atoms with Crippen molar-refractivity contribution in [3.8, 4) is 0 Å². The molecular weight excluding hydrogens is 177 g/mol. The summed E-state index contributed by atoms with van der Waals surface area (Å²) < 4.78 is 14.4. The highest BCUT2D eigenvalue weighted by Gasteiger charge is 2.04. The van der Waals surface area contributed by atoms with E-state index < -0.39 is 0 Å². The molecule has 2 nitrogen and oxygen atoms in total. The predicted octanol–water partition coefficient (Wildman–Crippen LogP) is 1.81. The van der Waals surface area contributed by atoms with Crippen molar-refractivity contribution in [3.63, 3.8) is 0 Å². The summed E-state index contributed by atoms with van der Waals surface area (Å²) in [5.41, 5.74) is -0.184. The maximum Gasteiger partial charge on any atom is 0.255 e. The van der Waals surface area contributed by atoms with Gasteiger partial charge in [0.05, 0.1) is 0 Å². The van der Waals surface area contributed by atoms with E-state index >= 15 is 0 Å². The van der Waals surface area contributed by atoms with E-state index in [1.54, 1.807) is 6.20 Å². The lowest BCUT2D eigenvalue weighted by atomic mass is 10.5. The van der Waals surface area contributed by atoms with E-state index in [9.17, 15) is 9.18 Å². The maximum atomic E-state index is 13.0. The van der Waals surface area contributed by atoms with Gasteiger partial charge in [0.25, 0.3) is 5.56 Å². The van der Waals surface area contributed by atoms with Crippen molar-refractivity contribution in [2.45, 2.75) is 6.92 Å². The van der Waals surface area contributed by atoms with Crippen LogP contribution in [0.5, 0.6) is 0 Å². The Balaban J connectivity index is 3.03. The SMILES string of the molecule is Cc1cn2c(=O)ccc(F)c2s1. The van der Waals surface area contributed by atoms with E-state index in [-0.39, 0.29) is 11.4 Å². The van der Waals surface area contributed by atoms with E-state index in [2.05, 4.69) is 0 Å². The van der Waals surface area contributed by atoms with Gasteiger partial charge in [-0.25, -0.2) is 4.39 Å². The Bertz CT molecular complexity index is 485. The van der Waals surface area contributed by atoms with Crippen LogP contribution in [0.25, 0.3) is 4.83 Å². The molecule has 0 radical (unpaired) electrons. The molecule has 0 atom stereocenters. The molecule has 2 aromatic heterocycles. The van der Waals surface area contributed by atoms with Crippen LogP contribution >= 0.6 is 11.3 Å². The molecule has 0 unspecified atom stereocenters. The van der Waals surface area contributed by atoms with Crippen LogP contribution in [0.2, 0.25) is 0 Å².